The van der Waals surface area contributed by atoms with E-state index in [9.17, 15) is 4.39 Å². The van der Waals surface area contributed by atoms with Crippen molar-refractivity contribution in [2.45, 2.75) is 50.2 Å². The molecule has 0 radical (unpaired) electrons. The topological polar surface area (TPSA) is 44.5 Å². The molecule has 3 nitrogen and oxygen atoms in total. The highest BCUT2D eigenvalue weighted by Crippen LogP contribution is 2.50. The lowest BCUT2D eigenvalue weighted by molar-refractivity contribution is 0.0240. The van der Waals surface area contributed by atoms with Gasteiger partial charge in [-0.3, -0.25) is 0 Å². The van der Waals surface area contributed by atoms with Crippen molar-refractivity contribution in [1.82, 2.24) is 0 Å². The summed E-state index contributed by atoms with van der Waals surface area (Å²) < 4.78 is 25.3. The maximum Gasteiger partial charge on any atom is 0.165 e. The van der Waals surface area contributed by atoms with Crippen LogP contribution in [0.15, 0.2) is 18.2 Å². The Balaban J connectivity index is 1.74. The summed E-state index contributed by atoms with van der Waals surface area (Å²) in [5.74, 6) is 0.0713. The molecule has 3 rings (SSSR count). The van der Waals surface area contributed by atoms with Gasteiger partial charge in [-0.15, -0.1) is 0 Å². The molecule has 1 saturated carbocycles. The number of nitrogens with two attached hydrogens (primary N) is 1. The molecule has 0 aromatic heterocycles. The summed E-state index contributed by atoms with van der Waals surface area (Å²) in [4.78, 5) is 0. The standard InChI is InChI=1S/C16H22FNO2/c1-11(18)16(6-7-16)12-2-3-15(14(17)10-12)20-13-4-8-19-9-5-13/h2-3,10-11,13H,4-9,18H2,1H3. The van der Waals surface area contributed by atoms with Crippen LogP contribution < -0.4 is 10.5 Å². The van der Waals surface area contributed by atoms with Crippen LogP contribution in [0.1, 0.15) is 38.2 Å². The van der Waals surface area contributed by atoms with Crippen molar-refractivity contribution < 1.29 is 13.9 Å². The quantitative estimate of drug-likeness (QED) is 0.921. The van der Waals surface area contributed by atoms with E-state index in [1.807, 2.05) is 13.0 Å². The third kappa shape index (κ3) is 2.54. The smallest absolute Gasteiger partial charge is 0.165 e. The van der Waals surface area contributed by atoms with Gasteiger partial charge in [0.2, 0.25) is 0 Å². The molecule has 1 aliphatic heterocycles. The Morgan fingerprint density at radius 1 is 1.35 bits per heavy atom. The minimum Gasteiger partial charge on any atom is -0.487 e. The van der Waals surface area contributed by atoms with Crippen molar-refractivity contribution in [1.29, 1.82) is 0 Å². The van der Waals surface area contributed by atoms with Crippen LogP contribution in [0.3, 0.4) is 0 Å². The molecule has 2 fully saturated rings. The van der Waals surface area contributed by atoms with Gasteiger partial charge in [0.25, 0.3) is 0 Å². The molecule has 0 spiro atoms. The Hall–Kier alpha value is -1.13. The van der Waals surface area contributed by atoms with E-state index in [0.29, 0.717) is 19.0 Å². The molecule has 20 heavy (non-hydrogen) atoms. The van der Waals surface area contributed by atoms with Crippen LogP contribution in [0, 0.1) is 5.82 Å². The Morgan fingerprint density at radius 2 is 2.05 bits per heavy atom. The Morgan fingerprint density at radius 3 is 2.60 bits per heavy atom. The lowest BCUT2D eigenvalue weighted by Gasteiger charge is -2.24. The van der Waals surface area contributed by atoms with E-state index in [1.165, 1.54) is 0 Å². The van der Waals surface area contributed by atoms with Crippen LogP contribution in [0.5, 0.6) is 5.75 Å². The predicted octanol–water partition coefficient (Wildman–Crippen LogP) is 2.76. The lowest BCUT2D eigenvalue weighted by atomic mass is 9.89. The molecule has 1 heterocycles. The summed E-state index contributed by atoms with van der Waals surface area (Å²) in [7, 11) is 0. The van der Waals surface area contributed by atoms with E-state index >= 15 is 0 Å². The summed E-state index contributed by atoms with van der Waals surface area (Å²) >= 11 is 0. The van der Waals surface area contributed by atoms with E-state index in [-0.39, 0.29) is 23.4 Å². The first-order valence-electron chi connectivity index (χ1n) is 7.42. The normalized spacial score (nSPS) is 23.4. The van der Waals surface area contributed by atoms with Gasteiger partial charge in [-0.2, -0.15) is 0 Å². The van der Waals surface area contributed by atoms with Crippen LogP contribution in [-0.4, -0.2) is 25.4 Å². The fraction of sp³-hybridized carbons (Fsp3) is 0.625. The Bertz CT molecular complexity index is 479. The second kappa shape index (κ2) is 5.34. The van der Waals surface area contributed by atoms with E-state index in [4.69, 9.17) is 15.2 Å². The molecule has 1 aliphatic carbocycles. The van der Waals surface area contributed by atoms with Crippen LogP contribution in [0.2, 0.25) is 0 Å². The summed E-state index contributed by atoms with van der Waals surface area (Å²) in [6, 6.07) is 5.38. The van der Waals surface area contributed by atoms with E-state index in [2.05, 4.69) is 0 Å². The number of halogens is 1. The molecule has 0 bridgehead atoms. The van der Waals surface area contributed by atoms with Crippen LogP contribution in [0.4, 0.5) is 4.39 Å². The molecule has 110 valence electrons. The maximum atomic E-state index is 14.2. The zero-order valence-electron chi connectivity index (χ0n) is 11.9. The monoisotopic (exact) mass is 279 g/mol. The van der Waals surface area contributed by atoms with Crippen molar-refractivity contribution in [3.05, 3.63) is 29.6 Å². The third-order valence-electron chi connectivity index (χ3n) is 4.63. The maximum absolute atomic E-state index is 14.2. The first-order chi connectivity index (χ1) is 9.62. The Kier molecular flexibility index (Phi) is 3.69. The second-order valence-corrected chi connectivity index (χ2v) is 6.02. The van der Waals surface area contributed by atoms with E-state index in [1.54, 1.807) is 12.1 Å². The van der Waals surface area contributed by atoms with Gasteiger partial charge < -0.3 is 15.2 Å². The first-order valence-corrected chi connectivity index (χ1v) is 7.42. The van der Waals surface area contributed by atoms with Gasteiger partial charge in [-0.1, -0.05) is 6.07 Å². The largest absolute Gasteiger partial charge is 0.487 e. The van der Waals surface area contributed by atoms with Crippen molar-refractivity contribution in [3.8, 4) is 5.75 Å². The number of hydrogen-bond donors (Lipinski definition) is 1. The van der Waals surface area contributed by atoms with Crippen LogP contribution >= 0.6 is 0 Å². The molecule has 1 aromatic carbocycles. The molecule has 4 heteroatoms. The predicted molar refractivity (Wildman–Crippen MR) is 75.4 cm³/mol. The lowest BCUT2D eigenvalue weighted by Crippen LogP contribution is -2.31. The SMILES string of the molecule is CC(N)C1(c2ccc(OC3CCOCC3)c(F)c2)CC1. The molecule has 2 aliphatic rings. The molecule has 1 aromatic rings. The molecular formula is C16H22FNO2. The second-order valence-electron chi connectivity index (χ2n) is 6.02. The van der Waals surface area contributed by atoms with Gasteiger partial charge in [0.15, 0.2) is 11.6 Å². The van der Waals surface area contributed by atoms with Gasteiger partial charge in [-0.25, -0.2) is 4.39 Å². The fourth-order valence-electron chi connectivity index (χ4n) is 3.02. The zero-order valence-corrected chi connectivity index (χ0v) is 11.9. The van der Waals surface area contributed by atoms with Gasteiger partial charge >= 0.3 is 0 Å². The zero-order chi connectivity index (χ0) is 14.2. The van der Waals surface area contributed by atoms with Crippen molar-refractivity contribution >= 4 is 0 Å². The molecule has 1 atom stereocenters. The molecule has 2 N–H and O–H groups in total. The van der Waals surface area contributed by atoms with Crippen LogP contribution in [-0.2, 0) is 10.2 Å². The third-order valence-corrected chi connectivity index (χ3v) is 4.63. The van der Waals surface area contributed by atoms with Crippen molar-refractivity contribution in [3.63, 3.8) is 0 Å². The van der Waals surface area contributed by atoms with Crippen molar-refractivity contribution in [2.75, 3.05) is 13.2 Å². The molecular weight excluding hydrogens is 257 g/mol. The van der Waals surface area contributed by atoms with E-state index < -0.39 is 0 Å². The van der Waals surface area contributed by atoms with Gasteiger partial charge in [0.1, 0.15) is 6.10 Å². The summed E-state index contributed by atoms with van der Waals surface area (Å²) in [5.41, 5.74) is 7.02. The Labute approximate surface area is 119 Å². The van der Waals surface area contributed by atoms with Gasteiger partial charge in [0, 0.05) is 24.3 Å². The summed E-state index contributed by atoms with van der Waals surface area (Å²) in [6.07, 6.45) is 3.80. The highest BCUT2D eigenvalue weighted by molar-refractivity contribution is 5.38. The average Bonchev–Trinajstić information content (AvgIpc) is 3.24. The summed E-state index contributed by atoms with van der Waals surface area (Å²) in [5, 5.41) is 0. The van der Waals surface area contributed by atoms with Gasteiger partial charge in [0.05, 0.1) is 13.2 Å². The molecule has 1 unspecified atom stereocenters. The fourth-order valence-corrected chi connectivity index (χ4v) is 3.02. The number of hydrogen-bond acceptors (Lipinski definition) is 3. The minimum atomic E-state index is -0.277. The summed E-state index contributed by atoms with van der Waals surface area (Å²) in [6.45, 7) is 3.38. The first kappa shape index (κ1) is 13.8. The molecule has 0 amide bonds. The number of benzene rings is 1. The highest BCUT2D eigenvalue weighted by atomic mass is 19.1. The highest BCUT2D eigenvalue weighted by Gasteiger charge is 2.47. The number of ether oxygens (including phenoxy) is 2. The average molecular weight is 279 g/mol. The van der Waals surface area contributed by atoms with E-state index in [0.717, 1.165) is 31.2 Å². The van der Waals surface area contributed by atoms with Gasteiger partial charge in [-0.05, 0) is 37.5 Å². The van der Waals surface area contributed by atoms with Crippen LogP contribution in [0.25, 0.3) is 0 Å². The number of rotatable bonds is 4. The minimum absolute atomic E-state index is 0.0158. The van der Waals surface area contributed by atoms with Crippen molar-refractivity contribution in [2.24, 2.45) is 5.73 Å². The molecule has 1 saturated heterocycles.